The second-order valence-corrected chi connectivity index (χ2v) is 17.8. The fourth-order valence-corrected chi connectivity index (χ4v) is 7.34. The van der Waals surface area contributed by atoms with Crippen molar-refractivity contribution < 1.29 is 28.6 Å². The van der Waals surface area contributed by atoms with Crippen LogP contribution in [-0.4, -0.2) is 37.2 Å². The summed E-state index contributed by atoms with van der Waals surface area (Å²) >= 11 is 0. The molecule has 0 rings (SSSR count). The molecule has 0 aromatic carbocycles. The third-order valence-corrected chi connectivity index (χ3v) is 11.4. The van der Waals surface area contributed by atoms with E-state index in [2.05, 4.69) is 93.7 Å². The van der Waals surface area contributed by atoms with Crippen molar-refractivity contribution in [1.29, 1.82) is 0 Å². The Hall–Kier alpha value is -3.15. The van der Waals surface area contributed by atoms with Crippen LogP contribution in [0.25, 0.3) is 0 Å². The van der Waals surface area contributed by atoms with Gasteiger partial charge in [0.1, 0.15) is 13.2 Å². The zero-order valence-electron chi connectivity index (χ0n) is 42.0. The topological polar surface area (TPSA) is 78.9 Å². The average Bonchev–Trinajstić information content (AvgIpc) is 3.29. The largest absolute Gasteiger partial charge is 0.462 e. The number of esters is 3. The van der Waals surface area contributed by atoms with E-state index in [9.17, 15) is 14.4 Å². The molecule has 0 unspecified atom stereocenters. The molecule has 0 amide bonds. The van der Waals surface area contributed by atoms with Crippen LogP contribution < -0.4 is 0 Å². The van der Waals surface area contributed by atoms with Gasteiger partial charge >= 0.3 is 17.9 Å². The van der Waals surface area contributed by atoms with E-state index in [1.54, 1.807) is 0 Å². The van der Waals surface area contributed by atoms with Gasteiger partial charge in [0.2, 0.25) is 0 Å². The zero-order chi connectivity index (χ0) is 46.5. The predicted molar refractivity (Wildman–Crippen MR) is 274 cm³/mol. The molecule has 0 saturated heterocycles. The lowest BCUT2D eigenvalue weighted by atomic mass is 10.0. The molecule has 1 atom stereocenters. The van der Waals surface area contributed by atoms with E-state index in [4.69, 9.17) is 14.2 Å². The highest BCUT2D eigenvalue weighted by atomic mass is 16.6. The normalized spacial score (nSPS) is 12.6. The maximum atomic E-state index is 12.8. The number of ether oxygens (including phenoxy) is 3. The van der Waals surface area contributed by atoms with E-state index in [1.165, 1.54) is 109 Å². The minimum Gasteiger partial charge on any atom is -0.462 e. The van der Waals surface area contributed by atoms with Crippen LogP contribution in [-0.2, 0) is 28.6 Å². The van der Waals surface area contributed by atoms with E-state index < -0.39 is 6.10 Å². The lowest BCUT2D eigenvalue weighted by Gasteiger charge is -2.18. The molecule has 0 saturated carbocycles. The van der Waals surface area contributed by atoms with Gasteiger partial charge in [0.05, 0.1) is 0 Å². The second kappa shape index (κ2) is 52.5. The first-order valence-electron chi connectivity index (χ1n) is 26.9. The molecule has 368 valence electrons. The van der Waals surface area contributed by atoms with E-state index >= 15 is 0 Å². The number of carbonyl (C=O) groups excluding carboxylic acids is 3. The van der Waals surface area contributed by atoms with E-state index in [0.29, 0.717) is 19.3 Å². The van der Waals surface area contributed by atoms with E-state index in [1.807, 2.05) is 0 Å². The van der Waals surface area contributed by atoms with Crippen LogP contribution in [0.5, 0.6) is 0 Å². The van der Waals surface area contributed by atoms with Gasteiger partial charge in [-0.25, -0.2) is 0 Å². The predicted octanol–water partition coefficient (Wildman–Crippen LogP) is 17.8. The van der Waals surface area contributed by atoms with Crippen LogP contribution in [0.3, 0.4) is 0 Å². The summed E-state index contributed by atoms with van der Waals surface area (Å²) in [7, 11) is 0. The van der Waals surface area contributed by atoms with Crippen LogP contribution >= 0.6 is 0 Å². The van der Waals surface area contributed by atoms with Gasteiger partial charge in [0.25, 0.3) is 0 Å². The van der Waals surface area contributed by atoms with Crippen molar-refractivity contribution in [2.45, 2.75) is 264 Å². The molecule has 0 fully saturated rings. The monoisotopic (exact) mass is 893 g/mol. The van der Waals surface area contributed by atoms with Crippen molar-refractivity contribution in [3.8, 4) is 0 Å². The molecular weight excluding hydrogens is 793 g/mol. The first kappa shape index (κ1) is 60.9. The Morgan fingerprint density at radius 1 is 0.312 bits per heavy atom. The number of carbonyl (C=O) groups is 3. The van der Waals surface area contributed by atoms with Crippen molar-refractivity contribution >= 4 is 17.9 Å². The SMILES string of the molecule is CCCCC/C=C\C/C=C\C/C=C\C/C=C\CCCCCC(=O)OC[C@@H](COC(=O)CCCCCCCCCCCCCC)OC(=O)CCCCCCC/C=C\C/C=C\CCCCC. The van der Waals surface area contributed by atoms with Crippen LogP contribution in [0.1, 0.15) is 258 Å². The van der Waals surface area contributed by atoms with Gasteiger partial charge < -0.3 is 14.2 Å². The van der Waals surface area contributed by atoms with E-state index in [-0.39, 0.29) is 31.1 Å². The fraction of sp³-hybridized carbons (Fsp3) is 0.741. The molecule has 0 aliphatic heterocycles. The summed E-state index contributed by atoms with van der Waals surface area (Å²) in [6.07, 6.45) is 65.9. The summed E-state index contributed by atoms with van der Waals surface area (Å²) in [6.45, 7) is 6.55. The molecule has 0 bridgehead atoms. The standard InChI is InChI=1S/C58H100O6/c1-4-7-10-13-16-19-22-25-27-28-29-30-32-33-36-39-42-45-48-51-57(60)63-54-55(53-62-56(59)50-47-44-41-38-35-24-21-18-15-12-9-6-3)64-58(61)52-49-46-43-40-37-34-31-26-23-20-17-14-11-8-5-2/h16-17,19-20,25-27,29-31,33,36,55H,4-15,18,21-24,28,32,34-35,37-54H2,1-3H3/b19-16-,20-17-,27-25-,30-29-,31-26-,36-33-/t55-/m1/s1. The summed E-state index contributed by atoms with van der Waals surface area (Å²) < 4.78 is 16.8. The van der Waals surface area contributed by atoms with Gasteiger partial charge in [-0.05, 0) is 96.3 Å². The number of rotatable bonds is 48. The summed E-state index contributed by atoms with van der Waals surface area (Å²) in [5.74, 6) is -0.932. The molecule has 0 aromatic heterocycles. The van der Waals surface area contributed by atoms with Gasteiger partial charge in [-0.15, -0.1) is 0 Å². The molecule has 0 radical (unpaired) electrons. The Bertz CT molecular complexity index is 1210. The van der Waals surface area contributed by atoms with Gasteiger partial charge in [0.15, 0.2) is 6.10 Å². The number of hydrogen-bond donors (Lipinski definition) is 0. The highest BCUT2D eigenvalue weighted by Gasteiger charge is 2.19. The molecular formula is C58H100O6. The molecule has 0 aliphatic rings. The van der Waals surface area contributed by atoms with Gasteiger partial charge in [-0.1, -0.05) is 216 Å². The zero-order valence-corrected chi connectivity index (χ0v) is 42.0. The molecule has 0 heterocycles. The van der Waals surface area contributed by atoms with Crippen molar-refractivity contribution in [2.24, 2.45) is 0 Å². The summed E-state index contributed by atoms with van der Waals surface area (Å²) in [6, 6.07) is 0. The van der Waals surface area contributed by atoms with Crippen molar-refractivity contribution in [3.05, 3.63) is 72.9 Å². The quantitative estimate of drug-likeness (QED) is 0.0262. The van der Waals surface area contributed by atoms with Gasteiger partial charge in [-0.3, -0.25) is 14.4 Å². The van der Waals surface area contributed by atoms with Crippen molar-refractivity contribution in [2.75, 3.05) is 13.2 Å². The van der Waals surface area contributed by atoms with Crippen molar-refractivity contribution in [3.63, 3.8) is 0 Å². The van der Waals surface area contributed by atoms with Crippen LogP contribution in [0.4, 0.5) is 0 Å². The van der Waals surface area contributed by atoms with E-state index in [0.717, 1.165) is 109 Å². The first-order valence-corrected chi connectivity index (χ1v) is 26.9. The molecule has 0 N–H and O–H groups in total. The summed E-state index contributed by atoms with van der Waals surface area (Å²) in [5.41, 5.74) is 0. The number of unbranched alkanes of at least 4 members (excludes halogenated alkanes) is 25. The highest BCUT2D eigenvalue weighted by molar-refractivity contribution is 5.71. The highest BCUT2D eigenvalue weighted by Crippen LogP contribution is 2.14. The van der Waals surface area contributed by atoms with Crippen LogP contribution in [0.15, 0.2) is 72.9 Å². The van der Waals surface area contributed by atoms with Crippen LogP contribution in [0, 0.1) is 0 Å². The molecule has 0 aliphatic carbocycles. The Morgan fingerprint density at radius 2 is 0.562 bits per heavy atom. The second-order valence-electron chi connectivity index (χ2n) is 17.8. The smallest absolute Gasteiger partial charge is 0.306 e. The van der Waals surface area contributed by atoms with Crippen molar-refractivity contribution in [1.82, 2.24) is 0 Å². The van der Waals surface area contributed by atoms with Gasteiger partial charge in [-0.2, -0.15) is 0 Å². The number of hydrogen-bond acceptors (Lipinski definition) is 6. The molecule has 64 heavy (non-hydrogen) atoms. The maximum Gasteiger partial charge on any atom is 0.306 e. The summed E-state index contributed by atoms with van der Waals surface area (Å²) in [5, 5.41) is 0. The maximum absolute atomic E-state index is 12.8. The molecule has 0 aromatic rings. The Morgan fingerprint density at radius 3 is 0.922 bits per heavy atom. The molecule has 0 spiro atoms. The third kappa shape index (κ3) is 49.9. The van der Waals surface area contributed by atoms with Crippen LogP contribution in [0.2, 0.25) is 0 Å². The Balaban J connectivity index is 4.44. The third-order valence-electron chi connectivity index (χ3n) is 11.4. The lowest BCUT2D eigenvalue weighted by molar-refractivity contribution is -0.167. The first-order chi connectivity index (χ1) is 31.5. The molecule has 6 nitrogen and oxygen atoms in total. The van der Waals surface area contributed by atoms with Gasteiger partial charge in [0, 0.05) is 19.3 Å². The molecule has 6 heteroatoms. The summed E-state index contributed by atoms with van der Waals surface area (Å²) in [4.78, 5) is 38.0. The Labute approximate surface area is 395 Å². The minimum absolute atomic E-state index is 0.0899. The fourth-order valence-electron chi connectivity index (χ4n) is 7.34. The lowest BCUT2D eigenvalue weighted by Crippen LogP contribution is -2.30. The minimum atomic E-state index is -0.794. The number of allylic oxidation sites excluding steroid dienone is 12. The Kier molecular flexibility index (Phi) is 49.9. The average molecular weight is 893 g/mol.